The number of nitrogens with one attached hydrogen (secondary N) is 3. The molecule has 3 N–H and O–H groups in total. The lowest BCUT2D eigenvalue weighted by molar-refractivity contribution is -0.0520. The van der Waals surface area contributed by atoms with Crippen LogP contribution in [0.25, 0.3) is 0 Å². The van der Waals surface area contributed by atoms with E-state index >= 15 is 0 Å². The highest BCUT2D eigenvalue weighted by Crippen LogP contribution is 2.34. The normalized spacial score (nSPS) is 10.5. The number of oxazole rings is 1. The molecule has 0 fully saturated rings. The summed E-state index contributed by atoms with van der Waals surface area (Å²) in [5, 5.41) is 9.32. The first kappa shape index (κ1) is 47.5. The van der Waals surface area contributed by atoms with E-state index in [2.05, 4.69) is 55.1 Å². The molecule has 21 heteroatoms. The van der Waals surface area contributed by atoms with Crippen molar-refractivity contribution in [2.45, 2.75) is 60.2 Å². The van der Waals surface area contributed by atoms with Crippen LogP contribution in [-0.4, -0.2) is 64.6 Å². The fourth-order valence-corrected chi connectivity index (χ4v) is 5.00. The Bertz CT molecular complexity index is 2050. The molecule has 0 atom stereocenters. The van der Waals surface area contributed by atoms with Crippen molar-refractivity contribution in [1.29, 1.82) is 0 Å². The molecular weight excluding hydrogens is 830 g/mol. The molecule has 62 heavy (non-hydrogen) atoms. The average Bonchev–Trinajstić information content (AvgIpc) is 3.79. The predicted octanol–water partition coefficient (Wildman–Crippen LogP) is 9.46. The number of hydrogen-bond donors (Lipinski definition) is 3. The SMILES string of the molecule is CCOc1cc(NCc2cnccn2)ccc1OC(F)F.CCOc1cc(NCc2cncnc2)ccc1OC(F)F.CCOc1cc(NCc2cnco2)ccc1OC(F)F. The Morgan fingerprint density at radius 2 is 0.984 bits per heavy atom. The number of halogens is 6. The van der Waals surface area contributed by atoms with Gasteiger partial charge in [-0.05, 0) is 57.2 Å². The first-order valence-corrected chi connectivity index (χ1v) is 18.8. The zero-order chi connectivity index (χ0) is 44.5. The van der Waals surface area contributed by atoms with Gasteiger partial charge in [-0.15, -0.1) is 0 Å². The summed E-state index contributed by atoms with van der Waals surface area (Å²) in [6.07, 6.45) is 12.6. The standard InChI is InChI=1S/2C14H15F2N3O2.C13H14F2N2O3/c1-2-20-13-5-11(3-4-12(13)21-14(15)16)19-8-10-6-17-9-18-7-10;1-2-20-13-7-10(3-4-12(13)21-14(15)16)19-9-11-8-17-5-6-18-11;1-2-18-12-5-9(3-4-11(12)20-13(14)15)17-7-10-6-16-8-19-10/h3-7,9,14,19H,2,8H2,1H3;3-8,14,19H,2,9H2,1H3;3-6,8,13,17H,2,7H2,1H3. The second-order valence-electron chi connectivity index (χ2n) is 11.9. The molecule has 0 bridgehead atoms. The topological polar surface area (TPSA) is 169 Å². The van der Waals surface area contributed by atoms with Crippen LogP contribution in [0.3, 0.4) is 0 Å². The molecule has 0 amide bonds. The van der Waals surface area contributed by atoms with Crippen LogP contribution in [0.15, 0.2) is 109 Å². The first-order chi connectivity index (χ1) is 30.1. The third-order valence-corrected chi connectivity index (χ3v) is 7.53. The molecule has 3 aromatic carbocycles. The Kier molecular flexibility index (Phi) is 20.0. The summed E-state index contributed by atoms with van der Waals surface area (Å²) < 4.78 is 108. The van der Waals surface area contributed by atoms with Gasteiger partial charge in [0.15, 0.2) is 40.9 Å². The van der Waals surface area contributed by atoms with Gasteiger partial charge in [0.05, 0.1) is 51.0 Å². The highest BCUT2D eigenvalue weighted by atomic mass is 19.3. The summed E-state index contributed by atoms with van der Waals surface area (Å²) in [6, 6.07) is 14.0. The van der Waals surface area contributed by atoms with Crippen LogP contribution in [-0.2, 0) is 19.6 Å². The second kappa shape index (κ2) is 26.1. The van der Waals surface area contributed by atoms with Crippen molar-refractivity contribution in [3.05, 3.63) is 122 Å². The molecule has 0 spiro atoms. The van der Waals surface area contributed by atoms with Crippen molar-refractivity contribution >= 4 is 17.1 Å². The second-order valence-corrected chi connectivity index (χ2v) is 11.9. The Morgan fingerprint density at radius 3 is 1.39 bits per heavy atom. The molecule has 6 aromatic rings. The maximum Gasteiger partial charge on any atom is 0.387 e. The molecule has 6 rings (SSSR count). The van der Waals surface area contributed by atoms with E-state index in [-0.39, 0.29) is 34.5 Å². The van der Waals surface area contributed by atoms with E-state index < -0.39 is 19.8 Å². The molecule has 0 saturated carbocycles. The molecule has 3 aromatic heterocycles. The van der Waals surface area contributed by atoms with Gasteiger partial charge in [-0.1, -0.05) is 0 Å². The highest BCUT2D eigenvalue weighted by molar-refractivity contribution is 5.56. The van der Waals surface area contributed by atoms with Crippen LogP contribution in [0, 0.1) is 0 Å². The Labute approximate surface area is 352 Å². The summed E-state index contributed by atoms with van der Waals surface area (Å²) in [4.78, 5) is 19.7. The van der Waals surface area contributed by atoms with Gasteiger partial charge >= 0.3 is 19.8 Å². The van der Waals surface area contributed by atoms with Gasteiger partial charge in [0.1, 0.15) is 12.1 Å². The summed E-state index contributed by atoms with van der Waals surface area (Å²) in [5.74, 6) is 1.49. The number of hydrogen-bond acceptors (Lipinski definition) is 15. The van der Waals surface area contributed by atoms with Gasteiger partial charge in [-0.3, -0.25) is 9.97 Å². The van der Waals surface area contributed by atoms with E-state index in [4.69, 9.17) is 18.6 Å². The Balaban J connectivity index is 0.000000205. The molecular formula is C41H44F6N8O7. The summed E-state index contributed by atoms with van der Waals surface area (Å²) in [5.41, 5.74) is 3.81. The van der Waals surface area contributed by atoms with Gasteiger partial charge < -0.3 is 48.8 Å². The van der Waals surface area contributed by atoms with Gasteiger partial charge in [-0.25, -0.2) is 15.0 Å². The van der Waals surface area contributed by atoms with Crippen LogP contribution in [0.1, 0.15) is 37.8 Å². The number of ether oxygens (including phenoxy) is 6. The van der Waals surface area contributed by atoms with Crippen molar-refractivity contribution in [3.63, 3.8) is 0 Å². The maximum absolute atomic E-state index is 12.3. The predicted molar refractivity (Wildman–Crippen MR) is 215 cm³/mol. The van der Waals surface area contributed by atoms with E-state index in [1.165, 1.54) is 30.9 Å². The molecule has 0 aliphatic rings. The van der Waals surface area contributed by atoms with Crippen molar-refractivity contribution in [2.75, 3.05) is 35.8 Å². The number of nitrogens with zero attached hydrogens (tertiary/aromatic N) is 5. The zero-order valence-corrected chi connectivity index (χ0v) is 33.7. The lowest BCUT2D eigenvalue weighted by Crippen LogP contribution is -2.06. The molecule has 0 aliphatic carbocycles. The monoisotopic (exact) mass is 874 g/mol. The number of benzene rings is 3. The lowest BCUT2D eigenvalue weighted by Gasteiger charge is -2.13. The van der Waals surface area contributed by atoms with E-state index in [1.807, 2.05) is 0 Å². The first-order valence-electron chi connectivity index (χ1n) is 18.8. The molecule has 0 unspecified atom stereocenters. The van der Waals surface area contributed by atoms with Crippen molar-refractivity contribution in [2.24, 2.45) is 0 Å². The summed E-state index contributed by atoms with van der Waals surface area (Å²) >= 11 is 0. The molecule has 332 valence electrons. The van der Waals surface area contributed by atoms with Crippen molar-refractivity contribution in [3.8, 4) is 34.5 Å². The minimum absolute atomic E-state index is 0.00654. The lowest BCUT2D eigenvalue weighted by atomic mass is 10.2. The fraction of sp³-hybridized carbons (Fsp3) is 0.293. The molecule has 0 radical (unpaired) electrons. The van der Waals surface area contributed by atoms with E-state index in [0.29, 0.717) is 56.6 Å². The van der Waals surface area contributed by atoms with Crippen molar-refractivity contribution in [1.82, 2.24) is 24.9 Å². The molecule has 0 saturated heterocycles. The summed E-state index contributed by atoms with van der Waals surface area (Å²) in [7, 11) is 0. The molecule has 0 aliphatic heterocycles. The smallest absolute Gasteiger partial charge is 0.387 e. The number of anilines is 3. The van der Waals surface area contributed by atoms with Gasteiger partial charge in [0, 0.05) is 72.2 Å². The third kappa shape index (κ3) is 17.2. The average molecular weight is 875 g/mol. The Hall–Kier alpha value is -7.19. The molecule has 3 heterocycles. The van der Waals surface area contributed by atoms with Gasteiger partial charge in [0.2, 0.25) is 0 Å². The van der Waals surface area contributed by atoms with E-state index in [1.54, 1.807) is 94.4 Å². The van der Waals surface area contributed by atoms with Gasteiger partial charge in [-0.2, -0.15) is 26.3 Å². The zero-order valence-electron chi connectivity index (χ0n) is 33.7. The Morgan fingerprint density at radius 1 is 0.516 bits per heavy atom. The van der Waals surface area contributed by atoms with Gasteiger partial charge in [0.25, 0.3) is 0 Å². The highest BCUT2D eigenvalue weighted by Gasteiger charge is 2.14. The summed E-state index contributed by atoms with van der Waals surface area (Å²) in [6.45, 7) is -0.876. The largest absolute Gasteiger partial charge is 0.490 e. The minimum atomic E-state index is -2.89. The van der Waals surface area contributed by atoms with E-state index in [9.17, 15) is 26.3 Å². The number of aromatic nitrogens is 5. The third-order valence-electron chi connectivity index (χ3n) is 7.53. The number of alkyl halides is 6. The molecule has 15 nitrogen and oxygen atoms in total. The van der Waals surface area contributed by atoms with Crippen LogP contribution < -0.4 is 44.4 Å². The fourth-order valence-electron chi connectivity index (χ4n) is 5.00. The van der Waals surface area contributed by atoms with Crippen LogP contribution >= 0.6 is 0 Å². The minimum Gasteiger partial charge on any atom is -0.490 e. The quantitative estimate of drug-likeness (QED) is 0.0584. The maximum atomic E-state index is 12.3. The van der Waals surface area contributed by atoms with Crippen LogP contribution in [0.4, 0.5) is 43.4 Å². The van der Waals surface area contributed by atoms with Crippen molar-refractivity contribution < 1.29 is 59.2 Å². The van der Waals surface area contributed by atoms with Crippen LogP contribution in [0.2, 0.25) is 0 Å². The number of rotatable bonds is 21. The van der Waals surface area contributed by atoms with E-state index in [0.717, 1.165) is 16.9 Å². The van der Waals surface area contributed by atoms with Crippen LogP contribution in [0.5, 0.6) is 34.5 Å².